The number of methoxy groups -OCH3 is 1. The van der Waals surface area contributed by atoms with Crippen LogP contribution in [-0.4, -0.2) is 36.3 Å². The van der Waals surface area contributed by atoms with Crippen molar-refractivity contribution in [1.29, 1.82) is 0 Å². The zero-order valence-electron chi connectivity index (χ0n) is 15.8. The maximum atomic E-state index is 12.4. The van der Waals surface area contributed by atoms with Gasteiger partial charge in [0, 0.05) is 29.1 Å². The minimum atomic E-state index is -0.706. The molecule has 0 aliphatic carbocycles. The molecule has 1 heterocycles. The van der Waals surface area contributed by atoms with Crippen molar-refractivity contribution in [3.05, 3.63) is 62.6 Å². The lowest BCUT2D eigenvalue weighted by molar-refractivity contribution is -0.384. The molecule has 2 N–H and O–H groups in total. The van der Waals surface area contributed by atoms with E-state index in [-0.39, 0.29) is 30.3 Å². The van der Waals surface area contributed by atoms with Crippen LogP contribution in [-0.2, 0) is 9.59 Å². The molecule has 1 atom stereocenters. The van der Waals surface area contributed by atoms with Crippen LogP contribution in [0.1, 0.15) is 16.8 Å². The molecular formula is C19H17BrN4O6. The van der Waals surface area contributed by atoms with Gasteiger partial charge in [0.05, 0.1) is 29.7 Å². The number of nitro benzene ring substituents is 1. The summed E-state index contributed by atoms with van der Waals surface area (Å²) in [5, 5.41) is 10.9. The van der Waals surface area contributed by atoms with Crippen LogP contribution in [0.5, 0.6) is 5.75 Å². The summed E-state index contributed by atoms with van der Waals surface area (Å²) in [6.07, 6.45) is -0.0693. The molecule has 0 unspecified atom stereocenters. The Labute approximate surface area is 179 Å². The van der Waals surface area contributed by atoms with Gasteiger partial charge < -0.3 is 9.64 Å². The number of ether oxygens (including phenoxy) is 1. The molecule has 11 heteroatoms. The summed E-state index contributed by atoms with van der Waals surface area (Å²) in [6.45, 7) is 0.0486. The molecule has 30 heavy (non-hydrogen) atoms. The van der Waals surface area contributed by atoms with Crippen molar-refractivity contribution >= 4 is 45.0 Å². The van der Waals surface area contributed by atoms with Crippen LogP contribution in [0, 0.1) is 16.0 Å². The van der Waals surface area contributed by atoms with Crippen LogP contribution >= 0.6 is 15.9 Å². The number of halogens is 1. The molecule has 1 fully saturated rings. The van der Waals surface area contributed by atoms with E-state index < -0.39 is 22.7 Å². The lowest BCUT2D eigenvalue weighted by atomic mass is 10.1. The molecule has 10 nitrogen and oxygen atoms in total. The summed E-state index contributed by atoms with van der Waals surface area (Å²) in [7, 11) is 1.34. The van der Waals surface area contributed by atoms with Gasteiger partial charge in [-0.25, -0.2) is 0 Å². The summed E-state index contributed by atoms with van der Waals surface area (Å²) < 4.78 is 5.98. The molecule has 0 spiro atoms. The van der Waals surface area contributed by atoms with Gasteiger partial charge in [-0.05, 0) is 30.3 Å². The number of benzene rings is 2. The lowest BCUT2D eigenvalue weighted by Crippen LogP contribution is -2.45. The predicted molar refractivity (Wildman–Crippen MR) is 110 cm³/mol. The van der Waals surface area contributed by atoms with Crippen LogP contribution < -0.4 is 20.5 Å². The van der Waals surface area contributed by atoms with Crippen molar-refractivity contribution < 1.29 is 24.0 Å². The van der Waals surface area contributed by atoms with E-state index in [1.807, 2.05) is 0 Å². The first-order valence-electron chi connectivity index (χ1n) is 8.78. The zero-order valence-corrected chi connectivity index (χ0v) is 17.3. The van der Waals surface area contributed by atoms with Gasteiger partial charge in [0.25, 0.3) is 11.6 Å². The average Bonchev–Trinajstić information content (AvgIpc) is 3.13. The third-order valence-corrected chi connectivity index (χ3v) is 5.10. The Morgan fingerprint density at radius 3 is 2.53 bits per heavy atom. The topological polar surface area (TPSA) is 131 Å². The van der Waals surface area contributed by atoms with Gasteiger partial charge >= 0.3 is 0 Å². The quantitative estimate of drug-likeness (QED) is 0.502. The van der Waals surface area contributed by atoms with Gasteiger partial charge in [-0.15, -0.1) is 0 Å². The van der Waals surface area contributed by atoms with E-state index in [0.29, 0.717) is 11.3 Å². The second kappa shape index (κ2) is 8.91. The first-order valence-corrected chi connectivity index (χ1v) is 9.58. The first-order chi connectivity index (χ1) is 14.3. The fraction of sp³-hybridized carbons (Fsp3) is 0.211. The predicted octanol–water partition coefficient (Wildman–Crippen LogP) is 2.18. The van der Waals surface area contributed by atoms with Crippen LogP contribution in [0.15, 0.2) is 46.9 Å². The molecule has 0 saturated carbocycles. The first kappa shape index (κ1) is 21.2. The summed E-state index contributed by atoms with van der Waals surface area (Å²) in [4.78, 5) is 48.7. The summed E-state index contributed by atoms with van der Waals surface area (Å²) >= 11 is 3.27. The van der Waals surface area contributed by atoms with Gasteiger partial charge in [-0.3, -0.25) is 35.3 Å². The number of rotatable bonds is 5. The Bertz CT molecular complexity index is 1010. The van der Waals surface area contributed by atoms with Gasteiger partial charge in [0.2, 0.25) is 11.8 Å². The molecule has 0 aromatic heterocycles. The summed E-state index contributed by atoms with van der Waals surface area (Å²) in [6, 6.07) is 10.5. The molecule has 3 amide bonds. The standard InChI is InChI=1S/C19H17BrN4O6/c1-30-16-9-14(24(28)29)6-7-15(16)23-10-12(8-17(23)25)19(27)22-21-18(26)11-2-4-13(20)5-3-11/h2-7,9,12H,8,10H2,1H3,(H,21,26)(H,22,27)/t12-/m0/s1. The number of non-ortho nitro benzene ring substituents is 1. The summed E-state index contributed by atoms with van der Waals surface area (Å²) in [5.41, 5.74) is 5.18. The number of nitrogens with zero attached hydrogens (tertiary/aromatic N) is 2. The Morgan fingerprint density at radius 1 is 1.20 bits per heavy atom. The zero-order chi connectivity index (χ0) is 21.8. The van der Waals surface area contributed by atoms with Gasteiger partial charge in [0.1, 0.15) is 5.75 Å². The highest BCUT2D eigenvalue weighted by atomic mass is 79.9. The largest absolute Gasteiger partial charge is 0.494 e. The number of amides is 3. The number of nitrogens with one attached hydrogen (secondary N) is 2. The van der Waals surface area contributed by atoms with E-state index in [9.17, 15) is 24.5 Å². The normalized spacial score (nSPS) is 15.6. The van der Waals surface area contributed by atoms with E-state index in [0.717, 1.165) is 4.47 Å². The minimum Gasteiger partial charge on any atom is -0.494 e. The molecular weight excluding hydrogens is 460 g/mol. The monoisotopic (exact) mass is 476 g/mol. The summed E-state index contributed by atoms with van der Waals surface area (Å²) in [5.74, 6) is -1.89. The Morgan fingerprint density at radius 2 is 1.90 bits per heavy atom. The number of nitro groups is 1. The fourth-order valence-corrected chi connectivity index (χ4v) is 3.28. The smallest absolute Gasteiger partial charge is 0.273 e. The number of carbonyl (C=O) groups excluding carboxylic acids is 3. The van der Waals surface area contributed by atoms with Crippen molar-refractivity contribution in [2.45, 2.75) is 6.42 Å². The number of carbonyl (C=O) groups is 3. The Kier molecular flexibility index (Phi) is 6.31. The SMILES string of the molecule is COc1cc([N+](=O)[O-])ccc1N1C[C@@H](C(=O)NNC(=O)c2ccc(Br)cc2)CC1=O. The van der Waals surface area contributed by atoms with Crippen molar-refractivity contribution in [2.24, 2.45) is 5.92 Å². The molecule has 0 bridgehead atoms. The van der Waals surface area contributed by atoms with E-state index >= 15 is 0 Å². The maximum absolute atomic E-state index is 12.4. The van der Waals surface area contributed by atoms with E-state index in [4.69, 9.17) is 4.74 Å². The van der Waals surface area contributed by atoms with E-state index in [1.165, 1.54) is 30.2 Å². The molecule has 2 aromatic carbocycles. The molecule has 0 radical (unpaired) electrons. The van der Waals surface area contributed by atoms with Crippen LogP contribution in [0.25, 0.3) is 0 Å². The maximum Gasteiger partial charge on any atom is 0.273 e. The fourth-order valence-electron chi connectivity index (χ4n) is 3.01. The van der Waals surface area contributed by atoms with Gasteiger partial charge in [-0.1, -0.05) is 15.9 Å². The van der Waals surface area contributed by atoms with E-state index in [1.54, 1.807) is 24.3 Å². The third kappa shape index (κ3) is 4.57. The van der Waals surface area contributed by atoms with Crippen molar-refractivity contribution in [1.82, 2.24) is 10.9 Å². The van der Waals surface area contributed by atoms with Crippen molar-refractivity contribution in [3.8, 4) is 5.75 Å². The molecule has 1 aliphatic rings. The van der Waals surface area contributed by atoms with Crippen molar-refractivity contribution in [3.63, 3.8) is 0 Å². The van der Waals surface area contributed by atoms with Crippen LogP contribution in [0.2, 0.25) is 0 Å². The third-order valence-electron chi connectivity index (χ3n) is 4.57. The Hall–Kier alpha value is -3.47. The molecule has 1 aliphatic heterocycles. The highest BCUT2D eigenvalue weighted by Gasteiger charge is 2.36. The lowest BCUT2D eigenvalue weighted by Gasteiger charge is -2.19. The van der Waals surface area contributed by atoms with Gasteiger partial charge in [-0.2, -0.15) is 0 Å². The van der Waals surface area contributed by atoms with Gasteiger partial charge in [0.15, 0.2) is 0 Å². The Balaban J connectivity index is 1.65. The minimum absolute atomic E-state index is 0.0486. The highest BCUT2D eigenvalue weighted by molar-refractivity contribution is 9.10. The number of anilines is 1. The molecule has 2 aromatic rings. The second-order valence-corrected chi connectivity index (χ2v) is 7.38. The van der Waals surface area contributed by atoms with E-state index in [2.05, 4.69) is 26.8 Å². The van der Waals surface area contributed by atoms with Crippen molar-refractivity contribution in [2.75, 3.05) is 18.6 Å². The molecule has 156 valence electrons. The van der Waals surface area contributed by atoms with Crippen LogP contribution in [0.4, 0.5) is 11.4 Å². The van der Waals surface area contributed by atoms with Crippen LogP contribution in [0.3, 0.4) is 0 Å². The second-order valence-electron chi connectivity index (χ2n) is 6.47. The molecule has 3 rings (SSSR count). The number of hydrogen-bond acceptors (Lipinski definition) is 6. The number of hydrazine groups is 1. The number of hydrogen-bond donors (Lipinski definition) is 2. The average molecular weight is 477 g/mol. The highest BCUT2D eigenvalue weighted by Crippen LogP contribution is 2.35. The molecule has 1 saturated heterocycles.